The van der Waals surface area contributed by atoms with Crippen LogP contribution in [0.5, 0.6) is 0 Å². The fourth-order valence-electron chi connectivity index (χ4n) is 3.01. The highest BCUT2D eigenvalue weighted by Crippen LogP contribution is 2.57. The average Bonchev–Trinajstić information content (AvgIpc) is 2.85. The molecular formula is C13H14F2O. The lowest BCUT2D eigenvalue weighted by molar-refractivity contribution is 0.101. The van der Waals surface area contributed by atoms with Crippen LogP contribution in [-0.2, 0) is 0 Å². The lowest BCUT2D eigenvalue weighted by atomic mass is 9.91. The van der Waals surface area contributed by atoms with E-state index in [2.05, 4.69) is 0 Å². The molecule has 0 spiro atoms. The molecule has 3 rings (SSSR count). The highest BCUT2D eigenvalue weighted by Gasteiger charge is 2.48. The Hall–Kier alpha value is -0.960. The van der Waals surface area contributed by atoms with Crippen LogP contribution in [0.2, 0.25) is 0 Å². The zero-order chi connectivity index (χ0) is 11.3. The third-order valence-corrected chi connectivity index (χ3v) is 4.01. The summed E-state index contributed by atoms with van der Waals surface area (Å²) in [5.41, 5.74) is 0.243. The standard InChI is InChI=1S/C13H14F2O/c14-10-1-2-11(12(15)6-10)13(16)9-4-7-3-8(7)5-9/h1-2,6-9,13,16H,3-5H2. The normalized spacial score (nSPS) is 33.6. The Bertz CT molecular complexity index is 408. The summed E-state index contributed by atoms with van der Waals surface area (Å²) in [6.07, 6.45) is 2.48. The number of aliphatic hydroxyl groups excluding tert-OH is 1. The van der Waals surface area contributed by atoms with Crippen LogP contribution in [0, 0.1) is 29.4 Å². The molecule has 1 aromatic rings. The van der Waals surface area contributed by atoms with Gasteiger partial charge in [-0.05, 0) is 43.1 Å². The molecule has 0 bridgehead atoms. The molecule has 2 aliphatic rings. The minimum atomic E-state index is -0.770. The lowest BCUT2D eigenvalue weighted by Crippen LogP contribution is -2.12. The van der Waals surface area contributed by atoms with E-state index in [0.29, 0.717) is 0 Å². The summed E-state index contributed by atoms with van der Waals surface area (Å²) in [4.78, 5) is 0. The maximum absolute atomic E-state index is 13.5. The summed E-state index contributed by atoms with van der Waals surface area (Å²) in [6.45, 7) is 0. The number of aliphatic hydroxyl groups is 1. The molecule has 1 aromatic carbocycles. The molecule has 3 unspecified atom stereocenters. The maximum atomic E-state index is 13.5. The predicted molar refractivity (Wildman–Crippen MR) is 55.6 cm³/mol. The van der Waals surface area contributed by atoms with Crippen molar-refractivity contribution in [3.8, 4) is 0 Å². The van der Waals surface area contributed by atoms with Crippen LogP contribution in [0.1, 0.15) is 30.9 Å². The van der Waals surface area contributed by atoms with Crippen molar-refractivity contribution in [3.05, 3.63) is 35.4 Å². The van der Waals surface area contributed by atoms with Gasteiger partial charge >= 0.3 is 0 Å². The second-order valence-electron chi connectivity index (χ2n) is 5.10. The van der Waals surface area contributed by atoms with Crippen LogP contribution < -0.4 is 0 Å². The first-order chi connectivity index (χ1) is 7.65. The quantitative estimate of drug-likeness (QED) is 0.818. The van der Waals surface area contributed by atoms with Crippen LogP contribution in [0.15, 0.2) is 18.2 Å². The Morgan fingerprint density at radius 2 is 1.81 bits per heavy atom. The fourth-order valence-corrected chi connectivity index (χ4v) is 3.01. The molecule has 86 valence electrons. The van der Waals surface area contributed by atoms with Gasteiger partial charge in [-0.15, -0.1) is 0 Å². The maximum Gasteiger partial charge on any atom is 0.131 e. The topological polar surface area (TPSA) is 20.2 Å². The van der Waals surface area contributed by atoms with E-state index in [4.69, 9.17) is 0 Å². The van der Waals surface area contributed by atoms with Crippen LogP contribution >= 0.6 is 0 Å². The van der Waals surface area contributed by atoms with Gasteiger partial charge in [0.25, 0.3) is 0 Å². The van der Waals surface area contributed by atoms with E-state index in [1.807, 2.05) is 0 Å². The largest absolute Gasteiger partial charge is 0.388 e. The molecule has 0 aromatic heterocycles. The summed E-state index contributed by atoms with van der Waals surface area (Å²) in [6, 6.07) is 3.41. The molecule has 2 saturated carbocycles. The summed E-state index contributed by atoms with van der Waals surface area (Å²) in [5.74, 6) is 0.436. The molecule has 0 heterocycles. The van der Waals surface area contributed by atoms with Gasteiger partial charge in [-0.1, -0.05) is 6.07 Å². The Kier molecular flexibility index (Phi) is 2.25. The highest BCUT2D eigenvalue weighted by atomic mass is 19.1. The third-order valence-electron chi connectivity index (χ3n) is 4.01. The lowest BCUT2D eigenvalue weighted by Gasteiger charge is -2.20. The van der Waals surface area contributed by atoms with Gasteiger partial charge in [0.2, 0.25) is 0 Å². The van der Waals surface area contributed by atoms with Crippen molar-refractivity contribution in [1.29, 1.82) is 0 Å². The van der Waals surface area contributed by atoms with Gasteiger partial charge in [0.05, 0.1) is 6.10 Å². The van der Waals surface area contributed by atoms with Crippen molar-refractivity contribution in [3.63, 3.8) is 0 Å². The highest BCUT2D eigenvalue weighted by molar-refractivity contribution is 5.22. The molecule has 1 N–H and O–H groups in total. The van der Waals surface area contributed by atoms with Crippen LogP contribution in [0.25, 0.3) is 0 Å². The smallest absolute Gasteiger partial charge is 0.131 e. The zero-order valence-corrected chi connectivity index (χ0v) is 8.87. The Morgan fingerprint density at radius 3 is 2.44 bits per heavy atom. The number of rotatable bonds is 2. The molecule has 16 heavy (non-hydrogen) atoms. The molecule has 2 fully saturated rings. The van der Waals surface area contributed by atoms with Gasteiger partial charge in [0.1, 0.15) is 11.6 Å². The monoisotopic (exact) mass is 224 g/mol. The van der Waals surface area contributed by atoms with Crippen molar-refractivity contribution >= 4 is 0 Å². The van der Waals surface area contributed by atoms with Gasteiger partial charge in [0.15, 0.2) is 0 Å². The molecule has 0 saturated heterocycles. The molecule has 0 aliphatic heterocycles. The number of hydrogen-bond donors (Lipinski definition) is 1. The van der Waals surface area contributed by atoms with Gasteiger partial charge in [0, 0.05) is 11.6 Å². The zero-order valence-electron chi connectivity index (χ0n) is 8.87. The Balaban J connectivity index is 1.80. The summed E-state index contributed by atoms with van der Waals surface area (Å²) >= 11 is 0. The number of hydrogen-bond acceptors (Lipinski definition) is 1. The van der Waals surface area contributed by atoms with E-state index in [0.717, 1.165) is 30.7 Å². The second-order valence-corrected chi connectivity index (χ2v) is 5.10. The first-order valence-corrected chi connectivity index (χ1v) is 5.78. The molecule has 0 radical (unpaired) electrons. The fraction of sp³-hybridized carbons (Fsp3) is 0.538. The van der Waals surface area contributed by atoms with E-state index in [9.17, 15) is 13.9 Å². The molecule has 1 nitrogen and oxygen atoms in total. The summed E-state index contributed by atoms with van der Waals surface area (Å²) in [7, 11) is 0. The number of fused-ring (bicyclic) bond motifs is 1. The van der Waals surface area contributed by atoms with E-state index < -0.39 is 17.7 Å². The average molecular weight is 224 g/mol. The summed E-state index contributed by atoms with van der Waals surface area (Å²) < 4.78 is 26.2. The van der Waals surface area contributed by atoms with Gasteiger partial charge in [-0.2, -0.15) is 0 Å². The van der Waals surface area contributed by atoms with Crippen molar-refractivity contribution < 1.29 is 13.9 Å². The molecule has 0 amide bonds. The Morgan fingerprint density at radius 1 is 1.12 bits per heavy atom. The van der Waals surface area contributed by atoms with E-state index in [1.54, 1.807) is 0 Å². The van der Waals surface area contributed by atoms with Gasteiger partial charge < -0.3 is 5.11 Å². The van der Waals surface area contributed by atoms with E-state index in [-0.39, 0.29) is 11.5 Å². The van der Waals surface area contributed by atoms with E-state index in [1.165, 1.54) is 18.6 Å². The second kappa shape index (κ2) is 3.52. The SMILES string of the molecule is OC(c1ccc(F)cc1F)C1CC2CC2C1. The summed E-state index contributed by atoms with van der Waals surface area (Å²) in [5, 5.41) is 10.1. The minimum Gasteiger partial charge on any atom is -0.388 e. The van der Waals surface area contributed by atoms with Crippen LogP contribution in [0.4, 0.5) is 8.78 Å². The van der Waals surface area contributed by atoms with Crippen LogP contribution in [0.3, 0.4) is 0 Å². The first kappa shape index (κ1) is 10.2. The number of benzene rings is 1. The van der Waals surface area contributed by atoms with Crippen molar-refractivity contribution in [2.45, 2.75) is 25.4 Å². The molecule has 2 aliphatic carbocycles. The van der Waals surface area contributed by atoms with Crippen molar-refractivity contribution in [2.24, 2.45) is 17.8 Å². The molecular weight excluding hydrogens is 210 g/mol. The molecule has 3 atom stereocenters. The van der Waals surface area contributed by atoms with Gasteiger partial charge in [-0.25, -0.2) is 8.78 Å². The van der Waals surface area contributed by atoms with Crippen molar-refractivity contribution in [1.82, 2.24) is 0 Å². The minimum absolute atomic E-state index is 0.156. The van der Waals surface area contributed by atoms with E-state index >= 15 is 0 Å². The predicted octanol–water partition coefficient (Wildman–Crippen LogP) is 3.04. The third kappa shape index (κ3) is 1.63. The Labute approximate surface area is 93.1 Å². The first-order valence-electron chi connectivity index (χ1n) is 5.78. The van der Waals surface area contributed by atoms with Crippen LogP contribution in [-0.4, -0.2) is 5.11 Å². The molecule has 3 heteroatoms. The van der Waals surface area contributed by atoms with Crippen molar-refractivity contribution in [2.75, 3.05) is 0 Å². The van der Waals surface area contributed by atoms with Gasteiger partial charge in [-0.3, -0.25) is 0 Å². The number of halogens is 2.